The van der Waals surface area contributed by atoms with Gasteiger partial charge in [-0.3, -0.25) is 13.4 Å². The highest BCUT2D eigenvalue weighted by Crippen LogP contribution is 2.32. The fourth-order valence-electron chi connectivity index (χ4n) is 3.82. The molecule has 14 heteroatoms. The maximum Gasteiger partial charge on any atom is 0.201 e. The van der Waals surface area contributed by atoms with E-state index in [1.807, 2.05) is 0 Å². The fraction of sp³-hybridized carbons (Fsp3) is 0. The Balaban J connectivity index is 1.60. The zero-order valence-electron chi connectivity index (χ0n) is 20.0. The Labute approximate surface area is 233 Å². The summed E-state index contributed by atoms with van der Waals surface area (Å²) in [4.78, 5) is 8.81. The molecule has 2 heterocycles. The largest absolute Gasteiger partial charge is 0.768 e. The van der Waals surface area contributed by atoms with Gasteiger partial charge in [-0.15, -0.1) is 10.2 Å². The molecule has 0 aliphatic carbocycles. The van der Waals surface area contributed by atoms with E-state index in [1.54, 1.807) is 42.6 Å². The molecule has 5 aromatic rings. The van der Waals surface area contributed by atoms with Crippen LogP contribution in [0.15, 0.2) is 106 Å². The second kappa shape index (κ2) is 11.2. The van der Waals surface area contributed by atoms with E-state index >= 15 is 0 Å². The van der Waals surface area contributed by atoms with Crippen LogP contribution in [0.2, 0.25) is 0 Å². The SMILES string of the molecule is O=S([O-])c1ccc(-c2ccnc(-c3nnc(-c4ccc(S(=O)(=O)[O-])cc4)c(-c4ccc(S(=O)[O-])cc4)n3)c2)cc1. The van der Waals surface area contributed by atoms with Crippen molar-refractivity contribution in [3.63, 3.8) is 0 Å². The Hall–Kier alpha value is -4.05. The quantitative estimate of drug-likeness (QED) is 0.199. The summed E-state index contributed by atoms with van der Waals surface area (Å²) in [5, 5.41) is 8.53. The van der Waals surface area contributed by atoms with Gasteiger partial charge in [0.1, 0.15) is 27.2 Å². The van der Waals surface area contributed by atoms with Crippen molar-refractivity contribution in [1.29, 1.82) is 0 Å². The van der Waals surface area contributed by atoms with Gasteiger partial charge in [0.15, 0.2) is 0 Å². The first-order chi connectivity index (χ1) is 19.1. The summed E-state index contributed by atoms with van der Waals surface area (Å²) in [5.74, 6) is 0.146. The van der Waals surface area contributed by atoms with Gasteiger partial charge in [0.05, 0.1) is 4.90 Å². The molecule has 40 heavy (non-hydrogen) atoms. The fourth-order valence-corrected chi connectivity index (χ4v) is 5.01. The van der Waals surface area contributed by atoms with Crippen LogP contribution < -0.4 is 0 Å². The molecule has 2 unspecified atom stereocenters. The molecular weight excluding hydrogens is 577 g/mol. The molecule has 0 fully saturated rings. The van der Waals surface area contributed by atoms with Gasteiger partial charge < -0.3 is 13.7 Å². The van der Waals surface area contributed by atoms with Crippen molar-refractivity contribution >= 4 is 32.3 Å². The van der Waals surface area contributed by atoms with Crippen LogP contribution in [0.3, 0.4) is 0 Å². The number of rotatable bonds is 7. The molecule has 11 nitrogen and oxygen atoms in total. The molecule has 0 aliphatic rings. The molecule has 0 N–H and O–H groups in total. The van der Waals surface area contributed by atoms with Crippen molar-refractivity contribution in [2.24, 2.45) is 0 Å². The average Bonchev–Trinajstić information content (AvgIpc) is 2.96. The number of pyridine rings is 1. The molecule has 2 atom stereocenters. The van der Waals surface area contributed by atoms with E-state index in [1.165, 1.54) is 36.4 Å². The lowest BCUT2D eigenvalue weighted by molar-refractivity contribution is 0.463. The van der Waals surface area contributed by atoms with Crippen LogP contribution in [0, 0.1) is 0 Å². The summed E-state index contributed by atoms with van der Waals surface area (Å²) in [6, 6.07) is 20.7. The normalized spacial score (nSPS) is 13.1. The molecule has 3 aromatic carbocycles. The van der Waals surface area contributed by atoms with Crippen LogP contribution in [0.1, 0.15) is 0 Å². The molecule has 0 saturated carbocycles. The first-order valence-corrected chi connectivity index (χ1v) is 14.8. The van der Waals surface area contributed by atoms with Gasteiger partial charge in [0.2, 0.25) is 5.82 Å². The first kappa shape index (κ1) is 27.5. The Kier molecular flexibility index (Phi) is 7.71. The van der Waals surface area contributed by atoms with Crippen molar-refractivity contribution in [1.82, 2.24) is 20.2 Å². The minimum Gasteiger partial charge on any atom is -0.768 e. The summed E-state index contributed by atoms with van der Waals surface area (Å²) in [5.41, 5.74) is 3.30. The lowest BCUT2D eigenvalue weighted by atomic mass is 10.0. The van der Waals surface area contributed by atoms with Crippen LogP contribution in [0.4, 0.5) is 0 Å². The average molecular weight is 592 g/mol. The maximum absolute atomic E-state index is 11.4. The molecule has 0 bridgehead atoms. The van der Waals surface area contributed by atoms with E-state index in [0.29, 0.717) is 22.5 Å². The molecule has 5 rings (SSSR count). The van der Waals surface area contributed by atoms with Crippen molar-refractivity contribution in [2.75, 3.05) is 0 Å². The minimum atomic E-state index is -4.65. The van der Waals surface area contributed by atoms with E-state index < -0.39 is 37.2 Å². The number of aromatic nitrogens is 4. The van der Waals surface area contributed by atoms with Crippen LogP contribution >= 0.6 is 0 Å². The smallest absolute Gasteiger partial charge is 0.201 e. The lowest BCUT2D eigenvalue weighted by Gasteiger charge is -2.12. The Morgan fingerprint density at radius 3 is 1.70 bits per heavy atom. The minimum absolute atomic E-state index is 0.0683. The molecule has 0 aliphatic heterocycles. The summed E-state index contributed by atoms with van der Waals surface area (Å²) in [7, 11) is -4.65. The monoisotopic (exact) mass is 591 g/mol. The van der Waals surface area contributed by atoms with Gasteiger partial charge in [0, 0.05) is 27.1 Å². The second-order valence-electron chi connectivity index (χ2n) is 8.26. The zero-order valence-corrected chi connectivity index (χ0v) is 22.5. The van der Waals surface area contributed by atoms with Crippen LogP contribution in [-0.2, 0) is 32.3 Å². The third kappa shape index (κ3) is 5.91. The van der Waals surface area contributed by atoms with E-state index in [0.717, 1.165) is 23.3 Å². The predicted octanol–water partition coefficient (Wildman–Crippen LogP) is 3.31. The number of benzene rings is 3. The summed E-state index contributed by atoms with van der Waals surface area (Å²) >= 11 is -4.78. The highest BCUT2D eigenvalue weighted by Gasteiger charge is 2.17. The molecule has 2 aromatic heterocycles. The van der Waals surface area contributed by atoms with Gasteiger partial charge in [0.25, 0.3) is 0 Å². The molecule has 0 saturated heterocycles. The standard InChI is InChI=1S/C26H18N4O7S3/c31-38(32)20-7-1-16(2-8-20)19-13-14-27-23(15-19)26-28-24(17-3-9-21(10-4-17)39(33)34)25(29-30-26)18-5-11-22(12-6-18)40(35,36)37/h1-15H,(H,31,32)(H,33,34)(H,35,36,37)/p-3. The van der Waals surface area contributed by atoms with Crippen LogP contribution in [-0.4, -0.2) is 50.7 Å². The summed E-state index contributed by atoms with van der Waals surface area (Å²) < 4.78 is 79.1. The number of nitrogens with zero attached hydrogens (tertiary/aromatic N) is 4. The molecule has 0 amide bonds. The Morgan fingerprint density at radius 2 is 1.15 bits per heavy atom. The van der Waals surface area contributed by atoms with E-state index in [-0.39, 0.29) is 21.3 Å². The Morgan fingerprint density at radius 1 is 0.625 bits per heavy atom. The van der Waals surface area contributed by atoms with E-state index in [4.69, 9.17) is 0 Å². The molecule has 0 radical (unpaired) electrons. The lowest BCUT2D eigenvalue weighted by Crippen LogP contribution is -2.02. The van der Waals surface area contributed by atoms with Crippen molar-refractivity contribution in [3.8, 4) is 45.2 Å². The third-order valence-electron chi connectivity index (χ3n) is 5.79. The van der Waals surface area contributed by atoms with Gasteiger partial charge in [-0.25, -0.2) is 13.4 Å². The van der Waals surface area contributed by atoms with Crippen LogP contribution in [0.5, 0.6) is 0 Å². The third-order valence-corrected chi connectivity index (χ3v) is 7.96. The molecular formula is C26H15N4O7S3-3. The highest BCUT2D eigenvalue weighted by atomic mass is 32.2. The van der Waals surface area contributed by atoms with Crippen molar-refractivity contribution < 1.29 is 30.5 Å². The van der Waals surface area contributed by atoms with E-state index in [2.05, 4.69) is 20.2 Å². The van der Waals surface area contributed by atoms with Crippen molar-refractivity contribution in [2.45, 2.75) is 14.7 Å². The van der Waals surface area contributed by atoms with Gasteiger partial charge in [-0.05, 0) is 81.8 Å². The molecule has 0 spiro atoms. The number of hydrogen-bond donors (Lipinski definition) is 0. The highest BCUT2D eigenvalue weighted by molar-refractivity contribution is 7.85. The van der Waals surface area contributed by atoms with E-state index in [9.17, 15) is 30.5 Å². The van der Waals surface area contributed by atoms with Gasteiger partial charge >= 0.3 is 0 Å². The topological polar surface area (TPSA) is 189 Å². The molecule has 202 valence electrons. The first-order valence-electron chi connectivity index (χ1n) is 11.3. The van der Waals surface area contributed by atoms with Crippen LogP contribution in [0.25, 0.3) is 45.2 Å². The van der Waals surface area contributed by atoms with Crippen molar-refractivity contribution in [3.05, 3.63) is 91.1 Å². The van der Waals surface area contributed by atoms with Gasteiger partial charge in [-0.2, -0.15) is 0 Å². The second-order valence-corrected chi connectivity index (χ2v) is 11.5. The predicted molar refractivity (Wildman–Crippen MR) is 142 cm³/mol. The summed E-state index contributed by atoms with van der Waals surface area (Å²) in [6.45, 7) is 0. The van der Waals surface area contributed by atoms with Gasteiger partial charge in [-0.1, -0.05) is 36.4 Å². The Bertz CT molecular complexity index is 1860. The number of hydrogen-bond acceptors (Lipinski definition) is 11. The zero-order chi connectivity index (χ0) is 28.4. The maximum atomic E-state index is 11.4. The summed E-state index contributed by atoms with van der Waals surface area (Å²) in [6.07, 6.45) is 1.54.